The van der Waals surface area contributed by atoms with Gasteiger partial charge in [0, 0.05) is 25.2 Å². The van der Waals surface area contributed by atoms with Gasteiger partial charge in [0.05, 0.1) is 6.67 Å². The lowest BCUT2D eigenvalue weighted by atomic mass is 9.83. The van der Waals surface area contributed by atoms with Crippen molar-refractivity contribution in [2.24, 2.45) is 5.92 Å². The van der Waals surface area contributed by atoms with Gasteiger partial charge in [0.25, 0.3) is 0 Å². The molecule has 1 saturated carbocycles. The minimum absolute atomic E-state index is 0.176. The molecule has 0 aromatic carbocycles. The third kappa shape index (κ3) is 3.92. The van der Waals surface area contributed by atoms with Crippen molar-refractivity contribution < 1.29 is 4.39 Å². The molecule has 1 aliphatic carbocycles. The monoisotopic (exact) mass is 256 g/mol. The lowest BCUT2D eigenvalue weighted by Crippen LogP contribution is -2.45. The van der Waals surface area contributed by atoms with Gasteiger partial charge in [-0.3, -0.25) is 9.29 Å². The number of halogens is 1. The van der Waals surface area contributed by atoms with Crippen LogP contribution < -0.4 is 5.32 Å². The molecule has 2 fully saturated rings. The first kappa shape index (κ1) is 14.3. The molecule has 0 radical (unpaired) electrons. The number of rotatable bonds is 4. The molecule has 0 bridgehead atoms. The lowest BCUT2D eigenvalue weighted by molar-refractivity contribution is 0.166. The molecule has 2 aliphatic rings. The minimum Gasteiger partial charge on any atom is -0.312 e. The zero-order valence-electron chi connectivity index (χ0n) is 11.8. The first-order chi connectivity index (χ1) is 8.81. The van der Waals surface area contributed by atoms with Crippen molar-refractivity contribution in [1.29, 1.82) is 0 Å². The molecule has 2 unspecified atom stereocenters. The van der Waals surface area contributed by atoms with E-state index in [2.05, 4.69) is 17.1 Å². The maximum atomic E-state index is 12.4. The highest BCUT2D eigenvalue weighted by Gasteiger charge is 2.28. The molecule has 0 aromatic heterocycles. The fraction of sp³-hybridized carbons (Fsp3) is 1.00. The lowest BCUT2D eigenvalue weighted by Gasteiger charge is -2.34. The Morgan fingerprint density at radius 2 is 1.94 bits per heavy atom. The number of hydrogen-bond donors (Lipinski definition) is 1. The summed E-state index contributed by atoms with van der Waals surface area (Å²) in [5.41, 5.74) is 0. The highest BCUT2D eigenvalue weighted by molar-refractivity contribution is 4.86. The molecule has 1 N–H and O–H groups in total. The summed E-state index contributed by atoms with van der Waals surface area (Å²) < 4.78 is 12.4. The second-order valence-electron chi connectivity index (χ2n) is 6.13. The van der Waals surface area contributed by atoms with Gasteiger partial charge in [-0.2, -0.15) is 0 Å². The Labute approximate surface area is 111 Å². The third-order valence-corrected chi connectivity index (χ3v) is 4.82. The summed E-state index contributed by atoms with van der Waals surface area (Å²) in [6.07, 6.45) is 8.92. The predicted molar refractivity (Wildman–Crippen MR) is 74.6 cm³/mol. The van der Waals surface area contributed by atoms with Crippen LogP contribution in [-0.4, -0.2) is 43.3 Å². The van der Waals surface area contributed by atoms with Crippen molar-refractivity contribution in [3.05, 3.63) is 0 Å². The fourth-order valence-electron chi connectivity index (χ4n) is 3.58. The average molecular weight is 256 g/mol. The number of alkyl halides is 1. The quantitative estimate of drug-likeness (QED) is 0.832. The summed E-state index contributed by atoms with van der Waals surface area (Å²) >= 11 is 0. The maximum Gasteiger partial charge on any atom is 0.0906 e. The van der Waals surface area contributed by atoms with Gasteiger partial charge >= 0.3 is 0 Å². The van der Waals surface area contributed by atoms with E-state index in [1.54, 1.807) is 0 Å². The molecule has 3 heteroatoms. The van der Waals surface area contributed by atoms with Crippen LogP contribution in [0.4, 0.5) is 4.39 Å². The summed E-state index contributed by atoms with van der Waals surface area (Å²) in [6, 6.07) is 1.26. The Morgan fingerprint density at radius 1 is 1.17 bits per heavy atom. The van der Waals surface area contributed by atoms with Gasteiger partial charge in [-0.05, 0) is 45.1 Å². The van der Waals surface area contributed by atoms with Crippen LogP contribution >= 0.6 is 0 Å². The molecule has 1 heterocycles. The van der Waals surface area contributed by atoms with Gasteiger partial charge in [0.2, 0.25) is 0 Å². The van der Waals surface area contributed by atoms with Crippen molar-refractivity contribution >= 4 is 0 Å². The predicted octanol–water partition coefficient (Wildman–Crippen LogP) is 2.98. The molecule has 1 aliphatic heterocycles. The van der Waals surface area contributed by atoms with Crippen molar-refractivity contribution in [3.63, 3.8) is 0 Å². The average Bonchev–Trinajstić information content (AvgIpc) is 2.60. The van der Waals surface area contributed by atoms with Gasteiger partial charge in [-0.25, -0.2) is 0 Å². The first-order valence-electron chi connectivity index (χ1n) is 7.84. The molecule has 2 nitrogen and oxygen atoms in total. The number of nitrogens with zero attached hydrogens (tertiary/aromatic N) is 1. The molecule has 18 heavy (non-hydrogen) atoms. The fourth-order valence-corrected chi connectivity index (χ4v) is 3.58. The summed E-state index contributed by atoms with van der Waals surface area (Å²) in [4.78, 5) is 2.51. The van der Waals surface area contributed by atoms with Crippen LogP contribution in [-0.2, 0) is 0 Å². The van der Waals surface area contributed by atoms with Crippen molar-refractivity contribution in [1.82, 2.24) is 10.2 Å². The van der Waals surface area contributed by atoms with E-state index in [9.17, 15) is 4.39 Å². The van der Waals surface area contributed by atoms with E-state index in [0.717, 1.165) is 25.6 Å². The van der Waals surface area contributed by atoms with Crippen LogP contribution in [0, 0.1) is 5.92 Å². The highest BCUT2D eigenvalue weighted by Crippen LogP contribution is 2.28. The van der Waals surface area contributed by atoms with Gasteiger partial charge < -0.3 is 5.32 Å². The van der Waals surface area contributed by atoms with E-state index in [-0.39, 0.29) is 6.67 Å². The second kappa shape index (κ2) is 7.44. The summed E-state index contributed by atoms with van der Waals surface area (Å²) in [6.45, 7) is 5.32. The normalized spacial score (nSPS) is 32.3. The second-order valence-corrected chi connectivity index (χ2v) is 6.13. The summed E-state index contributed by atoms with van der Waals surface area (Å²) in [5, 5.41) is 3.75. The van der Waals surface area contributed by atoms with Crippen molar-refractivity contribution in [2.75, 3.05) is 26.3 Å². The molecule has 0 spiro atoms. The van der Waals surface area contributed by atoms with Gasteiger partial charge in [0.1, 0.15) is 0 Å². The third-order valence-electron chi connectivity index (χ3n) is 4.82. The van der Waals surface area contributed by atoms with E-state index in [1.165, 1.54) is 38.5 Å². The molecular weight excluding hydrogens is 227 g/mol. The van der Waals surface area contributed by atoms with E-state index in [4.69, 9.17) is 0 Å². The van der Waals surface area contributed by atoms with Crippen LogP contribution in [0.2, 0.25) is 0 Å². The van der Waals surface area contributed by atoms with E-state index in [0.29, 0.717) is 18.5 Å². The Bertz CT molecular complexity index is 229. The van der Waals surface area contributed by atoms with Crippen LogP contribution in [0.3, 0.4) is 0 Å². The topological polar surface area (TPSA) is 15.3 Å². The largest absolute Gasteiger partial charge is 0.312 e. The Morgan fingerprint density at radius 3 is 2.67 bits per heavy atom. The smallest absolute Gasteiger partial charge is 0.0906 e. The molecule has 2 atom stereocenters. The van der Waals surface area contributed by atoms with E-state index in [1.807, 2.05) is 0 Å². The minimum atomic E-state index is -0.176. The molecule has 0 aromatic rings. The zero-order valence-corrected chi connectivity index (χ0v) is 11.8. The summed E-state index contributed by atoms with van der Waals surface area (Å²) in [5.74, 6) is 0.858. The molecule has 0 amide bonds. The molecule has 106 valence electrons. The molecule has 1 saturated heterocycles. The maximum absolute atomic E-state index is 12.4. The standard InChI is InChI=1S/C15H29FN2/c1-13-8-10-17-15(12-18(13)11-5-9-16)14-6-3-2-4-7-14/h13-15,17H,2-12H2,1H3. The highest BCUT2D eigenvalue weighted by atomic mass is 19.1. The van der Waals surface area contributed by atoms with Crippen LogP contribution in [0.25, 0.3) is 0 Å². The van der Waals surface area contributed by atoms with Crippen molar-refractivity contribution in [3.8, 4) is 0 Å². The zero-order chi connectivity index (χ0) is 12.8. The van der Waals surface area contributed by atoms with E-state index >= 15 is 0 Å². The molecule has 2 rings (SSSR count). The molecular formula is C15H29FN2. The van der Waals surface area contributed by atoms with E-state index < -0.39 is 0 Å². The SMILES string of the molecule is CC1CCNC(C2CCCCC2)CN1CCCF. The summed E-state index contributed by atoms with van der Waals surface area (Å²) in [7, 11) is 0. The van der Waals surface area contributed by atoms with Crippen molar-refractivity contribution in [2.45, 2.75) is 64.0 Å². The van der Waals surface area contributed by atoms with Gasteiger partial charge in [-0.1, -0.05) is 19.3 Å². The van der Waals surface area contributed by atoms with Crippen LogP contribution in [0.1, 0.15) is 51.9 Å². The Hall–Kier alpha value is -0.150. The van der Waals surface area contributed by atoms with Crippen LogP contribution in [0.15, 0.2) is 0 Å². The van der Waals surface area contributed by atoms with Crippen LogP contribution in [0.5, 0.6) is 0 Å². The Kier molecular flexibility index (Phi) is 5.90. The first-order valence-corrected chi connectivity index (χ1v) is 7.84. The number of nitrogens with one attached hydrogen (secondary N) is 1. The van der Waals surface area contributed by atoms with Gasteiger partial charge in [0.15, 0.2) is 0 Å². The Balaban J connectivity index is 1.89. The van der Waals surface area contributed by atoms with Gasteiger partial charge in [-0.15, -0.1) is 0 Å². The number of hydrogen-bond acceptors (Lipinski definition) is 2.